The zero-order valence-corrected chi connectivity index (χ0v) is 22.4. The molecule has 6 rings (SSSR count). The molecule has 0 bridgehead atoms. The molecule has 3 aromatic carbocycles. The molecule has 1 fully saturated rings. The number of nitrogens with zero attached hydrogens (tertiary/aromatic N) is 5. The molecule has 1 saturated heterocycles. The van der Waals surface area contributed by atoms with Crippen LogP contribution in [0.5, 0.6) is 11.6 Å². The van der Waals surface area contributed by atoms with Crippen LogP contribution in [0.15, 0.2) is 84.9 Å². The molecule has 3 heterocycles. The van der Waals surface area contributed by atoms with Gasteiger partial charge in [0, 0.05) is 26.2 Å². The van der Waals surface area contributed by atoms with E-state index >= 15 is 0 Å². The van der Waals surface area contributed by atoms with Crippen molar-refractivity contribution in [2.45, 2.75) is 19.0 Å². The van der Waals surface area contributed by atoms with Crippen LogP contribution in [0.3, 0.4) is 0 Å². The topological polar surface area (TPSA) is 66.1 Å². The molecule has 1 aliphatic rings. The molecule has 0 aliphatic carbocycles. The summed E-state index contributed by atoms with van der Waals surface area (Å²) in [7, 11) is 1.68. The number of aryl methyl sites for hydroxylation is 1. The van der Waals surface area contributed by atoms with Crippen molar-refractivity contribution in [1.82, 2.24) is 24.4 Å². The third-order valence-electron chi connectivity index (χ3n) is 7.27. The highest BCUT2D eigenvalue weighted by molar-refractivity contribution is 7.17. The summed E-state index contributed by atoms with van der Waals surface area (Å²) in [5.41, 5.74) is 3.68. The van der Waals surface area contributed by atoms with E-state index in [1.165, 1.54) is 22.5 Å². The van der Waals surface area contributed by atoms with Crippen LogP contribution >= 0.6 is 11.3 Å². The van der Waals surface area contributed by atoms with Gasteiger partial charge in [-0.25, -0.2) is 4.98 Å². The van der Waals surface area contributed by atoms with E-state index in [1.807, 2.05) is 19.1 Å². The van der Waals surface area contributed by atoms with Crippen molar-refractivity contribution in [3.8, 4) is 11.6 Å². The van der Waals surface area contributed by atoms with Gasteiger partial charge in [-0.05, 0) is 35.7 Å². The Kier molecular flexibility index (Phi) is 6.84. The quantitative estimate of drug-likeness (QED) is 0.311. The average Bonchev–Trinajstić information content (AvgIpc) is 3.47. The van der Waals surface area contributed by atoms with Gasteiger partial charge in [0.2, 0.25) is 10.8 Å². The molecule has 1 aliphatic heterocycles. The molecule has 0 amide bonds. The highest BCUT2D eigenvalue weighted by atomic mass is 32.1. The summed E-state index contributed by atoms with van der Waals surface area (Å²) in [5, 5.41) is 15.6. The van der Waals surface area contributed by atoms with Crippen molar-refractivity contribution in [3.63, 3.8) is 0 Å². The number of piperazine rings is 1. The van der Waals surface area contributed by atoms with Gasteiger partial charge in [0.1, 0.15) is 11.6 Å². The zero-order valence-electron chi connectivity index (χ0n) is 21.6. The van der Waals surface area contributed by atoms with E-state index in [1.54, 1.807) is 11.6 Å². The van der Waals surface area contributed by atoms with Crippen LogP contribution in [0.1, 0.15) is 39.5 Å². The Morgan fingerprint density at radius 1 is 0.789 bits per heavy atom. The molecule has 0 saturated carbocycles. The lowest BCUT2D eigenvalue weighted by atomic mass is 9.96. The highest BCUT2D eigenvalue weighted by Crippen LogP contribution is 2.41. The van der Waals surface area contributed by atoms with E-state index in [2.05, 4.69) is 92.7 Å². The lowest BCUT2D eigenvalue weighted by Crippen LogP contribution is -2.49. The van der Waals surface area contributed by atoms with Gasteiger partial charge in [0.05, 0.1) is 24.1 Å². The Morgan fingerprint density at radius 3 is 1.95 bits per heavy atom. The van der Waals surface area contributed by atoms with Gasteiger partial charge < -0.3 is 9.84 Å². The third kappa shape index (κ3) is 4.67. The molecule has 8 heteroatoms. The van der Waals surface area contributed by atoms with Crippen molar-refractivity contribution in [2.24, 2.45) is 0 Å². The molecule has 7 nitrogen and oxygen atoms in total. The summed E-state index contributed by atoms with van der Waals surface area (Å²) in [6, 6.07) is 29.7. The van der Waals surface area contributed by atoms with Crippen LogP contribution in [-0.4, -0.2) is 62.8 Å². The second kappa shape index (κ2) is 10.6. The van der Waals surface area contributed by atoms with Gasteiger partial charge in [0.15, 0.2) is 0 Å². The first-order valence-corrected chi connectivity index (χ1v) is 13.7. The third-order valence-corrected chi connectivity index (χ3v) is 8.35. The van der Waals surface area contributed by atoms with Crippen molar-refractivity contribution >= 4 is 16.3 Å². The van der Waals surface area contributed by atoms with Crippen molar-refractivity contribution in [1.29, 1.82) is 0 Å². The number of hydrogen-bond donors (Lipinski definition) is 1. The lowest BCUT2D eigenvalue weighted by molar-refractivity contribution is 0.0899. The smallest absolute Gasteiger partial charge is 0.230 e. The van der Waals surface area contributed by atoms with Crippen molar-refractivity contribution in [3.05, 3.63) is 112 Å². The Morgan fingerprint density at radius 2 is 1.37 bits per heavy atom. The number of hydrogen-bond acceptors (Lipinski definition) is 7. The van der Waals surface area contributed by atoms with Crippen LogP contribution in [0.2, 0.25) is 0 Å². The fourth-order valence-corrected chi connectivity index (χ4v) is 6.67. The molecule has 194 valence electrons. The van der Waals surface area contributed by atoms with Crippen molar-refractivity contribution in [2.75, 3.05) is 33.3 Å². The van der Waals surface area contributed by atoms with Gasteiger partial charge in [0.25, 0.3) is 0 Å². The first-order valence-electron chi connectivity index (χ1n) is 12.9. The Labute approximate surface area is 226 Å². The van der Waals surface area contributed by atoms with Crippen LogP contribution in [0.4, 0.5) is 0 Å². The number of aromatic nitrogens is 3. The van der Waals surface area contributed by atoms with Crippen LogP contribution in [0, 0.1) is 6.92 Å². The highest BCUT2D eigenvalue weighted by Gasteiger charge is 2.34. The van der Waals surface area contributed by atoms with E-state index in [0.29, 0.717) is 10.8 Å². The normalized spacial score (nSPS) is 15.8. The molecule has 0 unspecified atom stereocenters. The predicted octanol–water partition coefficient (Wildman–Crippen LogP) is 5.31. The first-order chi connectivity index (χ1) is 18.6. The number of fused-ring (bicyclic) bond motifs is 1. The minimum atomic E-state index is -0.132. The summed E-state index contributed by atoms with van der Waals surface area (Å²) in [6.07, 6.45) is 0. The minimum Gasteiger partial charge on any atom is -0.497 e. The second-order valence-corrected chi connectivity index (χ2v) is 10.6. The molecule has 2 aromatic heterocycles. The summed E-state index contributed by atoms with van der Waals surface area (Å²) in [5.74, 6) is 1.61. The van der Waals surface area contributed by atoms with Crippen LogP contribution in [0.25, 0.3) is 4.96 Å². The number of thiazole rings is 1. The van der Waals surface area contributed by atoms with Crippen LogP contribution < -0.4 is 4.74 Å². The molecule has 0 spiro atoms. The fourth-order valence-electron chi connectivity index (χ4n) is 5.50. The second-order valence-electron chi connectivity index (χ2n) is 9.62. The van der Waals surface area contributed by atoms with Gasteiger partial charge in [-0.2, -0.15) is 4.52 Å². The summed E-state index contributed by atoms with van der Waals surface area (Å²) in [4.78, 5) is 11.1. The molecule has 5 aromatic rings. The van der Waals surface area contributed by atoms with E-state index < -0.39 is 0 Å². The van der Waals surface area contributed by atoms with Gasteiger partial charge in [-0.3, -0.25) is 9.80 Å². The Balaban J connectivity index is 1.33. The van der Waals surface area contributed by atoms with Gasteiger partial charge >= 0.3 is 0 Å². The Hall–Kier alpha value is -3.72. The SMILES string of the molecule is COc1cccc([C@H](c2sc3nc(C)nn3c2O)N2CCN(C(c3ccccc3)c3ccccc3)CC2)c1. The molecule has 0 radical (unpaired) electrons. The number of aromatic hydroxyl groups is 1. The largest absolute Gasteiger partial charge is 0.497 e. The minimum absolute atomic E-state index is 0.132. The summed E-state index contributed by atoms with van der Waals surface area (Å²) >= 11 is 1.50. The first kappa shape index (κ1) is 24.6. The maximum atomic E-state index is 11.2. The van der Waals surface area contributed by atoms with E-state index in [-0.39, 0.29) is 18.0 Å². The molecule has 1 N–H and O–H groups in total. The lowest BCUT2D eigenvalue weighted by Gasteiger charge is -2.42. The van der Waals surface area contributed by atoms with Crippen molar-refractivity contribution < 1.29 is 9.84 Å². The monoisotopic (exact) mass is 525 g/mol. The predicted molar refractivity (Wildman–Crippen MR) is 150 cm³/mol. The number of ether oxygens (including phenoxy) is 1. The number of methoxy groups -OCH3 is 1. The standard InChI is InChI=1S/C30H31N5O2S/c1-21-31-30-35(32-21)29(36)28(38-30)27(24-14-9-15-25(20-24)37-2)34-18-16-33(17-19-34)26(22-10-5-3-6-11-22)23-12-7-4-8-13-23/h3-15,20,26-27,36H,16-19H2,1-2H3/t27-/m1/s1. The van der Waals surface area contributed by atoms with E-state index in [9.17, 15) is 5.11 Å². The zero-order chi connectivity index (χ0) is 26.1. The van der Waals surface area contributed by atoms with E-state index in [4.69, 9.17) is 4.74 Å². The maximum absolute atomic E-state index is 11.2. The number of benzene rings is 3. The fraction of sp³-hybridized carbons (Fsp3) is 0.267. The summed E-state index contributed by atoms with van der Waals surface area (Å²) < 4.78 is 7.10. The summed E-state index contributed by atoms with van der Waals surface area (Å²) in [6.45, 7) is 5.34. The van der Waals surface area contributed by atoms with E-state index in [0.717, 1.165) is 42.4 Å². The molecular formula is C30H31N5O2S. The molecule has 38 heavy (non-hydrogen) atoms. The number of rotatable bonds is 7. The average molecular weight is 526 g/mol. The van der Waals surface area contributed by atoms with Gasteiger partial charge in [-0.1, -0.05) is 84.1 Å². The van der Waals surface area contributed by atoms with Crippen LogP contribution in [-0.2, 0) is 0 Å². The molecule has 1 atom stereocenters. The molecular weight excluding hydrogens is 494 g/mol. The van der Waals surface area contributed by atoms with Gasteiger partial charge in [-0.15, -0.1) is 5.10 Å². The maximum Gasteiger partial charge on any atom is 0.230 e. The Bertz CT molecular complexity index is 1470.